The molecule has 0 saturated carbocycles. The molecule has 0 fully saturated rings. The molecule has 0 aliphatic carbocycles. The van der Waals surface area contributed by atoms with Crippen molar-refractivity contribution in [2.45, 2.75) is 0 Å². The van der Waals surface area contributed by atoms with E-state index in [1.54, 1.807) is 0 Å². The molecule has 0 aromatic carbocycles. The first-order valence-corrected chi connectivity index (χ1v) is 9.04. The van der Waals surface area contributed by atoms with Gasteiger partial charge in [-0.3, -0.25) is 18.6 Å². The van der Waals surface area contributed by atoms with E-state index in [-0.39, 0.29) is 31.0 Å². The second kappa shape index (κ2) is 7.26. The third kappa shape index (κ3) is 15.4. The first-order valence-electron chi connectivity index (χ1n) is 3.65. The summed E-state index contributed by atoms with van der Waals surface area (Å²) in [6, 6.07) is 0. The van der Waals surface area contributed by atoms with Crippen molar-refractivity contribution < 1.29 is 74.0 Å². The van der Waals surface area contributed by atoms with Gasteiger partial charge in [0.05, 0.1) is 0 Å². The fourth-order valence-corrected chi connectivity index (χ4v) is 3.55. The molecule has 0 radical (unpaired) electrons. The average molecular weight is 323 g/mol. The van der Waals surface area contributed by atoms with Gasteiger partial charge in [0, 0.05) is 0 Å². The van der Waals surface area contributed by atoms with Gasteiger partial charge in [-0.15, -0.1) is 0 Å². The summed E-state index contributed by atoms with van der Waals surface area (Å²) in [4.78, 5) is 51.6. The smallest absolute Gasteiger partial charge is 1.00 e. The molecular weight excluding hydrogens is 310 g/mol. The second-order valence-corrected chi connectivity index (χ2v) is 7.93. The Hall–Kier alpha value is 1.41. The van der Waals surface area contributed by atoms with Crippen LogP contribution < -0.4 is 29.6 Å². The molecule has 0 aliphatic rings. The molecule has 6 N–H and O–H groups in total. The molecule has 0 bridgehead atoms. The third-order valence-corrected chi connectivity index (χ3v) is 3.46. The van der Waals surface area contributed by atoms with Crippen LogP contribution in [0.25, 0.3) is 0 Å². The minimum Gasteiger partial charge on any atom is -1.00 e. The molecule has 0 aromatic heterocycles. The Morgan fingerprint density at radius 1 is 0.706 bits per heavy atom. The van der Waals surface area contributed by atoms with Gasteiger partial charge in [0.2, 0.25) is 0 Å². The van der Waals surface area contributed by atoms with Crippen molar-refractivity contribution in [1.29, 1.82) is 0 Å². The van der Waals surface area contributed by atoms with Gasteiger partial charge in [0.1, 0.15) is 18.9 Å². The van der Waals surface area contributed by atoms with E-state index in [1.807, 2.05) is 0 Å². The fourth-order valence-electron chi connectivity index (χ4n) is 0.916. The Morgan fingerprint density at radius 2 is 0.882 bits per heavy atom. The van der Waals surface area contributed by atoms with Gasteiger partial charge in [0.15, 0.2) is 0 Å². The molecule has 17 heavy (non-hydrogen) atoms. The third-order valence-electron chi connectivity index (χ3n) is 1.15. The molecular formula is C3H13NNaO9P3. The van der Waals surface area contributed by atoms with E-state index in [4.69, 9.17) is 29.4 Å². The standard InChI is InChI=1S/C3H12NO9P3.Na.H/c5-14(6,7)1-4(2-15(8,9)10)3-16(11,12)13;;/h1-3H2,(H2,5,6,7)(H2,8,9,10)(H2,11,12,13);;/q;+1;-1. The second-order valence-electron chi connectivity index (χ2n) is 3.09. The van der Waals surface area contributed by atoms with Gasteiger partial charge < -0.3 is 30.8 Å². The van der Waals surface area contributed by atoms with E-state index >= 15 is 0 Å². The Kier molecular flexibility index (Phi) is 8.85. The summed E-state index contributed by atoms with van der Waals surface area (Å²) in [6.45, 7) is 0. The van der Waals surface area contributed by atoms with Crippen LogP contribution in [0.4, 0.5) is 0 Å². The predicted octanol–water partition coefficient (Wildman–Crippen LogP) is -4.19. The summed E-state index contributed by atoms with van der Waals surface area (Å²) < 4.78 is 31.7. The summed E-state index contributed by atoms with van der Waals surface area (Å²) >= 11 is 0. The van der Waals surface area contributed by atoms with Gasteiger partial charge in [-0.2, -0.15) is 0 Å². The SMILES string of the molecule is O=P(O)(O)CN(CP(=O)(O)O)CP(=O)(O)O.[H-].[Na+]. The molecule has 0 heterocycles. The van der Waals surface area contributed by atoms with Crippen LogP contribution in [0.1, 0.15) is 1.43 Å². The molecule has 0 atom stereocenters. The van der Waals surface area contributed by atoms with Crippen molar-refractivity contribution in [3.8, 4) is 0 Å². The Bertz CT molecular complexity index is 316. The van der Waals surface area contributed by atoms with Crippen molar-refractivity contribution in [3.05, 3.63) is 0 Å². The molecule has 100 valence electrons. The topological polar surface area (TPSA) is 176 Å². The van der Waals surface area contributed by atoms with Crippen LogP contribution in [0.2, 0.25) is 0 Å². The molecule has 10 nitrogen and oxygen atoms in total. The van der Waals surface area contributed by atoms with Crippen LogP contribution in [0, 0.1) is 0 Å². The van der Waals surface area contributed by atoms with Gasteiger partial charge in [-0.05, 0) is 0 Å². The molecule has 0 aromatic rings. The Balaban J connectivity index is -0.00000112. The maximum Gasteiger partial charge on any atom is 1.00 e. The molecule has 0 rings (SSSR count). The fraction of sp³-hybridized carbons (Fsp3) is 1.00. The zero-order chi connectivity index (χ0) is 13.2. The van der Waals surface area contributed by atoms with Gasteiger partial charge in [-0.25, -0.2) is 0 Å². The maximum absolute atomic E-state index is 10.6. The largest absolute Gasteiger partial charge is 1.00 e. The van der Waals surface area contributed by atoms with Crippen LogP contribution in [0.15, 0.2) is 0 Å². The number of hydrogen-bond acceptors (Lipinski definition) is 4. The summed E-state index contributed by atoms with van der Waals surface area (Å²) in [5.74, 6) is 0. The minimum absolute atomic E-state index is 0. The Labute approximate surface area is 120 Å². The van der Waals surface area contributed by atoms with E-state index in [0.717, 1.165) is 0 Å². The summed E-state index contributed by atoms with van der Waals surface area (Å²) in [5.41, 5.74) is 0. The van der Waals surface area contributed by atoms with E-state index in [0.29, 0.717) is 4.90 Å². The maximum atomic E-state index is 10.6. The van der Waals surface area contributed by atoms with E-state index in [2.05, 4.69) is 0 Å². The predicted molar refractivity (Wildman–Crippen MR) is 53.7 cm³/mol. The number of hydrogen-bond donors (Lipinski definition) is 6. The molecule has 0 saturated heterocycles. The summed E-state index contributed by atoms with van der Waals surface area (Å²) in [7, 11) is -14.0. The van der Waals surface area contributed by atoms with Gasteiger partial charge in [-0.1, -0.05) is 0 Å². The first-order chi connectivity index (χ1) is 6.79. The average Bonchev–Trinajstić information content (AvgIpc) is 1.70. The summed E-state index contributed by atoms with van der Waals surface area (Å²) in [5, 5.41) is 0. The number of nitrogens with zero attached hydrogens (tertiary/aromatic N) is 1. The van der Waals surface area contributed by atoms with Crippen LogP contribution >= 0.6 is 22.8 Å². The zero-order valence-electron chi connectivity index (χ0n) is 9.82. The minimum atomic E-state index is -4.65. The van der Waals surface area contributed by atoms with Crippen molar-refractivity contribution in [2.75, 3.05) is 18.9 Å². The van der Waals surface area contributed by atoms with Crippen LogP contribution in [0.5, 0.6) is 0 Å². The van der Waals surface area contributed by atoms with E-state index < -0.39 is 41.6 Å². The normalized spacial score (nSPS) is 13.6. The Morgan fingerprint density at radius 3 is 1.00 bits per heavy atom. The van der Waals surface area contributed by atoms with Gasteiger partial charge >= 0.3 is 52.3 Å². The van der Waals surface area contributed by atoms with Crippen molar-refractivity contribution >= 4 is 22.8 Å². The van der Waals surface area contributed by atoms with E-state index in [1.165, 1.54) is 0 Å². The monoisotopic (exact) mass is 323 g/mol. The molecule has 0 unspecified atom stereocenters. The quantitative estimate of drug-likeness (QED) is 0.208. The first kappa shape index (κ1) is 20.7. The zero-order valence-corrected chi connectivity index (χ0v) is 13.5. The van der Waals surface area contributed by atoms with Gasteiger partial charge in [0.25, 0.3) is 0 Å². The molecule has 0 aliphatic heterocycles. The molecule has 14 heteroatoms. The number of rotatable bonds is 6. The van der Waals surface area contributed by atoms with Crippen LogP contribution in [0.3, 0.4) is 0 Å². The molecule has 0 amide bonds. The van der Waals surface area contributed by atoms with Crippen molar-refractivity contribution in [2.24, 2.45) is 0 Å². The molecule has 0 spiro atoms. The van der Waals surface area contributed by atoms with Crippen molar-refractivity contribution in [3.63, 3.8) is 0 Å². The summed E-state index contributed by atoms with van der Waals surface area (Å²) in [6.07, 6.45) is -3.41. The van der Waals surface area contributed by atoms with E-state index in [9.17, 15) is 13.7 Å². The van der Waals surface area contributed by atoms with Crippen LogP contribution in [-0.2, 0) is 13.7 Å². The van der Waals surface area contributed by atoms with Crippen molar-refractivity contribution in [1.82, 2.24) is 4.90 Å². The van der Waals surface area contributed by atoms with Crippen LogP contribution in [-0.4, -0.2) is 53.1 Å².